The average molecular weight is 222 g/mol. The molecule has 0 fully saturated rings. The average Bonchev–Trinajstić information content (AvgIpc) is 2.65. The fourth-order valence-corrected chi connectivity index (χ4v) is 3.59. The predicted octanol–water partition coefficient (Wildman–Crippen LogP) is 4.40. The van der Waals surface area contributed by atoms with Gasteiger partial charge in [-0.1, -0.05) is 0 Å². The summed E-state index contributed by atoms with van der Waals surface area (Å²) in [6.07, 6.45) is 0. The van der Waals surface area contributed by atoms with Gasteiger partial charge in [-0.05, 0) is 29.6 Å². The van der Waals surface area contributed by atoms with Crippen molar-refractivity contribution in [3.63, 3.8) is 0 Å². The van der Waals surface area contributed by atoms with Crippen LogP contribution in [0.3, 0.4) is 0 Å². The molecule has 0 atom stereocenters. The minimum atomic E-state index is 1.09. The van der Waals surface area contributed by atoms with E-state index in [9.17, 15) is 0 Å². The molecule has 0 saturated carbocycles. The van der Waals surface area contributed by atoms with E-state index < -0.39 is 0 Å². The Hall–Kier alpha value is -0.510. The molecule has 0 aliphatic rings. The molecule has 0 amide bonds. The molecule has 64 valence electrons. The number of thiol groups is 1. The minimum absolute atomic E-state index is 1.09. The Balaban J connectivity index is 2.64. The molecule has 0 aliphatic carbocycles. The monoisotopic (exact) mass is 222 g/mol. The maximum atomic E-state index is 4.37. The number of hydrogen-bond donors (Lipinski definition) is 1. The van der Waals surface area contributed by atoms with Crippen molar-refractivity contribution in [2.24, 2.45) is 0 Å². The maximum absolute atomic E-state index is 4.37. The highest BCUT2D eigenvalue weighted by Gasteiger charge is 2.03. The predicted molar refractivity (Wildman–Crippen MR) is 64.5 cm³/mol. The molecule has 3 aromatic rings. The molecule has 0 nitrogen and oxygen atoms in total. The summed E-state index contributed by atoms with van der Waals surface area (Å²) in [5.41, 5.74) is 0. The highest BCUT2D eigenvalue weighted by molar-refractivity contribution is 7.83. The van der Waals surface area contributed by atoms with E-state index in [0.717, 1.165) is 4.21 Å². The summed E-state index contributed by atoms with van der Waals surface area (Å²) in [6.45, 7) is 0. The standard InChI is InChI=1S/C10H6S3/c11-10-5-7-6-3-4-12-8(6)1-2-9(7)13-10/h1-5,11H. The van der Waals surface area contributed by atoms with Crippen LogP contribution < -0.4 is 0 Å². The topological polar surface area (TPSA) is 0 Å². The summed E-state index contributed by atoms with van der Waals surface area (Å²) in [5.74, 6) is 0. The van der Waals surface area contributed by atoms with Gasteiger partial charge < -0.3 is 0 Å². The molecular weight excluding hydrogens is 216 g/mol. The zero-order chi connectivity index (χ0) is 8.84. The summed E-state index contributed by atoms with van der Waals surface area (Å²) in [5, 5.41) is 4.84. The van der Waals surface area contributed by atoms with Gasteiger partial charge in [0, 0.05) is 20.2 Å². The largest absolute Gasteiger partial charge is 0.144 e. The number of benzene rings is 1. The second-order valence-electron chi connectivity index (χ2n) is 2.89. The zero-order valence-corrected chi connectivity index (χ0v) is 9.18. The Morgan fingerprint density at radius 3 is 2.77 bits per heavy atom. The quantitative estimate of drug-likeness (QED) is 0.535. The van der Waals surface area contributed by atoms with Crippen molar-refractivity contribution in [3.05, 3.63) is 29.6 Å². The smallest absolute Gasteiger partial charge is 0.0580 e. The third-order valence-corrected chi connectivity index (χ3v) is 4.31. The van der Waals surface area contributed by atoms with Gasteiger partial charge in [-0.15, -0.1) is 35.3 Å². The van der Waals surface area contributed by atoms with Crippen molar-refractivity contribution in [1.29, 1.82) is 0 Å². The van der Waals surface area contributed by atoms with Crippen LogP contribution in [-0.2, 0) is 0 Å². The van der Waals surface area contributed by atoms with Crippen LogP contribution in [0.2, 0.25) is 0 Å². The maximum Gasteiger partial charge on any atom is 0.0580 e. The molecule has 0 saturated heterocycles. The highest BCUT2D eigenvalue weighted by Crippen LogP contribution is 2.35. The van der Waals surface area contributed by atoms with E-state index in [2.05, 4.69) is 42.3 Å². The Kier molecular flexibility index (Phi) is 1.65. The number of hydrogen-bond acceptors (Lipinski definition) is 3. The van der Waals surface area contributed by atoms with E-state index in [-0.39, 0.29) is 0 Å². The van der Waals surface area contributed by atoms with Crippen molar-refractivity contribution < 1.29 is 0 Å². The van der Waals surface area contributed by atoms with Gasteiger partial charge in [-0.2, -0.15) is 0 Å². The molecule has 3 rings (SSSR count). The summed E-state index contributed by atoms with van der Waals surface area (Å²) in [7, 11) is 0. The van der Waals surface area contributed by atoms with Crippen LogP contribution in [0.15, 0.2) is 33.9 Å². The third-order valence-electron chi connectivity index (χ3n) is 2.12. The van der Waals surface area contributed by atoms with E-state index in [1.165, 1.54) is 20.2 Å². The molecule has 0 spiro atoms. The zero-order valence-electron chi connectivity index (χ0n) is 6.65. The first-order valence-corrected chi connectivity index (χ1v) is 6.08. The molecule has 0 N–H and O–H groups in total. The van der Waals surface area contributed by atoms with Crippen LogP contribution in [0.25, 0.3) is 20.2 Å². The second-order valence-corrected chi connectivity index (χ2v) is 5.71. The molecule has 0 bridgehead atoms. The van der Waals surface area contributed by atoms with Gasteiger partial charge in [0.25, 0.3) is 0 Å². The first kappa shape index (κ1) is 7.85. The SMILES string of the molecule is Sc1cc2c(ccc3sccc32)s1. The Bertz CT molecular complexity index is 574. The van der Waals surface area contributed by atoms with Crippen molar-refractivity contribution in [2.45, 2.75) is 4.21 Å². The van der Waals surface area contributed by atoms with Crippen LogP contribution >= 0.6 is 35.3 Å². The summed E-state index contributed by atoms with van der Waals surface area (Å²) < 4.78 is 3.78. The van der Waals surface area contributed by atoms with Crippen molar-refractivity contribution in [1.82, 2.24) is 0 Å². The lowest BCUT2D eigenvalue weighted by atomic mass is 10.2. The number of fused-ring (bicyclic) bond motifs is 3. The van der Waals surface area contributed by atoms with E-state index in [4.69, 9.17) is 0 Å². The van der Waals surface area contributed by atoms with Crippen LogP contribution in [-0.4, -0.2) is 0 Å². The van der Waals surface area contributed by atoms with Gasteiger partial charge in [0.15, 0.2) is 0 Å². The summed E-state index contributed by atoms with van der Waals surface area (Å²) >= 11 is 7.90. The van der Waals surface area contributed by atoms with Crippen molar-refractivity contribution >= 4 is 55.5 Å². The summed E-state index contributed by atoms with van der Waals surface area (Å²) in [4.78, 5) is 0. The lowest BCUT2D eigenvalue weighted by Gasteiger charge is -1.90. The molecule has 2 heterocycles. The van der Waals surface area contributed by atoms with Crippen LogP contribution in [0.5, 0.6) is 0 Å². The van der Waals surface area contributed by atoms with Gasteiger partial charge in [-0.25, -0.2) is 0 Å². The first-order valence-electron chi connectivity index (χ1n) is 3.93. The Labute approximate surface area is 89.2 Å². The highest BCUT2D eigenvalue weighted by atomic mass is 32.2. The Morgan fingerprint density at radius 2 is 1.85 bits per heavy atom. The first-order chi connectivity index (χ1) is 6.34. The van der Waals surface area contributed by atoms with Gasteiger partial charge in [-0.3, -0.25) is 0 Å². The molecule has 0 radical (unpaired) electrons. The van der Waals surface area contributed by atoms with Crippen LogP contribution in [0.1, 0.15) is 0 Å². The van der Waals surface area contributed by atoms with Crippen molar-refractivity contribution in [3.8, 4) is 0 Å². The van der Waals surface area contributed by atoms with Crippen LogP contribution in [0, 0.1) is 0 Å². The van der Waals surface area contributed by atoms with Crippen LogP contribution in [0.4, 0.5) is 0 Å². The molecule has 3 heteroatoms. The van der Waals surface area contributed by atoms with E-state index in [1.54, 1.807) is 22.7 Å². The van der Waals surface area contributed by atoms with Gasteiger partial charge in [0.2, 0.25) is 0 Å². The normalized spacial score (nSPS) is 11.5. The van der Waals surface area contributed by atoms with Gasteiger partial charge in [0.05, 0.1) is 4.21 Å². The number of thiophene rings is 2. The molecule has 1 aromatic carbocycles. The van der Waals surface area contributed by atoms with E-state index >= 15 is 0 Å². The third kappa shape index (κ3) is 1.11. The van der Waals surface area contributed by atoms with Gasteiger partial charge >= 0.3 is 0 Å². The fourth-order valence-electron chi connectivity index (χ4n) is 1.55. The minimum Gasteiger partial charge on any atom is -0.144 e. The fraction of sp³-hybridized carbons (Fsp3) is 0. The second kappa shape index (κ2) is 2.74. The van der Waals surface area contributed by atoms with Gasteiger partial charge in [0.1, 0.15) is 0 Å². The summed E-state index contributed by atoms with van der Waals surface area (Å²) in [6, 6.07) is 8.70. The molecular formula is C10H6S3. The Morgan fingerprint density at radius 1 is 1.00 bits per heavy atom. The lowest BCUT2D eigenvalue weighted by molar-refractivity contribution is 1.81. The molecule has 0 aliphatic heterocycles. The van der Waals surface area contributed by atoms with E-state index in [1.807, 2.05) is 0 Å². The molecule has 0 unspecified atom stereocenters. The van der Waals surface area contributed by atoms with E-state index in [0.29, 0.717) is 0 Å². The lowest BCUT2D eigenvalue weighted by Crippen LogP contribution is -1.62. The number of rotatable bonds is 0. The van der Waals surface area contributed by atoms with Crippen molar-refractivity contribution in [2.75, 3.05) is 0 Å². The molecule has 2 aromatic heterocycles. The molecule has 13 heavy (non-hydrogen) atoms.